The van der Waals surface area contributed by atoms with Crippen LogP contribution in [-0.4, -0.2) is 116 Å². The van der Waals surface area contributed by atoms with Gasteiger partial charge in [0.25, 0.3) is 0 Å². The van der Waals surface area contributed by atoms with Crippen LogP contribution in [0.4, 0.5) is 4.79 Å². The number of rotatable bonds is 10. The number of piperazine rings is 1. The third-order valence-corrected chi connectivity index (χ3v) is 5.21. The Balaban J connectivity index is 2.62. The Kier molecular flexibility index (Phi) is 10.3. The van der Waals surface area contributed by atoms with E-state index < -0.39 is 0 Å². The number of carbonyl (C=O) groups is 1. The van der Waals surface area contributed by atoms with Gasteiger partial charge in [-0.15, -0.1) is 0 Å². The first-order valence-corrected chi connectivity index (χ1v) is 9.72. The number of hydrogen-bond donors (Lipinski definition) is 0. The van der Waals surface area contributed by atoms with Crippen LogP contribution in [0.5, 0.6) is 0 Å². The van der Waals surface area contributed by atoms with Crippen LogP contribution < -0.4 is 0 Å². The highest BCUT2D eigenvalue weighted by Crippen LogP contribution is 2.06. The summed E-state index contributed by atoms with van der Waals surface area (Å²) in [4.78, 5) is 24.2. The number of amides is 2. The summed E-state index contributed by atoms with van der Waals surface area (Å²) in [6.45, 7) is 20.2. The molecular weight excluding hydrogens is 302 g/mol. The maximum atomic E-state index is 13.0. The Bertz CT molecular complexity index is 320. The topological polar surface area (TPSA) is 33.3 Å². The van der Waals surface area contributed by atoms with Crippen LogP contribution in [0.2, 0.25) is 0 Å². The quantitative estimate of drug-likeness (QED) is 0.600. The first kappa shape index (κ1) is 21.2. The Morgan fingerprint density at radius 1 is 0.750 bits per heavy atom. The fourth-order valence-corrected chi connectivity index (χ4v) is 3.10. The average molecular weight is 342 g/mol. The molecule has 0 bridgehead atoms. The monoisotopic (exact) mass is 341 g/mol. The predicted octanol–water partition coefficient (Wildman–Crippen LogP) is 1.34. The summed E-state index contributed by atoms with van der Waals surface area (Å²) in [7, 11) is 2.13. The van der Waals surface area contributed by atoms with E-state index in [0.717, 1.165) is 78.5 Å². The van der Waals surface area contributed by atoms with Crippen LogP contribution in [-0.2, 0) is 0 Å². The molecule has 1 saturated heterocycles. The molecule has 142 valence electrons. The van der Waals surface area contributed by atoms with E-state index in [1.807, 2.05) is 4.90 Å². The lowest BCUT2D eigenvalue weighted by Gasteiger charge is -2.37. The van der Waals surface area contributed by atoms with Crippen molar-refractivity contribution in [2.75, 3.05) is 85.6 Å². The molecule has 6 heteroatoms. The van der Waals surface area contributed by atoms with Crippen LogP contribution in [0.3, 0.4) is 0 Å². The summed E-state index contributed by atoms with van der Waals surface area (Å²) in [6, 6.07) is 0.224. The van der Waals surface area contributed by atoms with Gasteiger partial charge in [-0.25, -0.2) is 4.79 Å². The Morgan fingerprint density at radius 2 is 1.17 bits per heavy atom. The molecule has 0 aromatic rings. The van der Waals surface area contributed by atoms with E-state index in [4.69, 9.17) is 0 Å². The molecule has 2 amide bonds. The van der Waals surface area contributed by atoms with Crippen LogP contribution in [0.15, 0.2) is 0 Å². The Labute approximate surface area is 149 Å². The first-order valence-electron chi connectivity index (χ1n) is 9.72. The molecule has 6 nitrogen and oxygen atoms in total. The van der Waals surface area contributed by atoms with Crippen molar-refractivity contribution in [3.05, 3.63) is 0 Å². The first-order chi connectivity index (χ1) is 11.5. The molecule has 0 aliphatic carbocycles. The minimum Gasteiger partial charge on any atom is -0.322 e. The molecule has 24 heavy (non-hydrogen) atoms. The summed E-state index contributed by atoms with van der Waals surface area (Å²) < 4.78 is 0. The number of likely N-dealkylation sites (N-methyl/N-ethyl adjacent to an activating group) is 3. The predicted molar refractivity (Wildman–Crippen MR) is 102 cm³/mol. The van der Waals surface area contributed by atoms with Crippen LogP contribution in [0.25, 0.3) is 0 Å². The SMILES string of the molecule is CCN(CC)CCN(CCN(CC)CC)C(=O)N1CCN(C)CC1. The van der Waals surface area contributed by atoms with Gasteiger partial charge < -0.3 is 24.5 Å². The van der Waals surface area contributed by atoms with Gasteiger partial charge in [0.1, 0.15) is 0 Å². The van der Waals surface area contributed by atoms with E-state index in [1.165, 1.54) is 0 Å². The van der Waals surface area contributed by atoms with Gasteiger partial charge in [-0.1, -0.05) is 27.7 Å². The maximum absolute atomic E-state index is 13.0. The second-order valence-electron chi connectivity index (χ2n) is 6.61. The molecule has 0 saturated carbocycles. The van der Waals surface area contributed by atoms with Gasteiger partial charge >= 0.3 is 6.03 Å². The largest absolute Gasteiger partial charge is 0.322 e. The van der Waals surface area contributed by atoms with Crippen molar-refractivity contribution < 1.29 is 4.79 Å². The number of carbonyl (C=O) groups excluding carboxylic acids is 1. The molecule has 0 N–H and O–H groups in total. The fourth-order valence-electron chi connectivity index (χ4n) is 3.10. The fraction of sp³-hybridized carbons (Fsp3) is 0.944. The molecule has 0 unspecified atom stereocenters. The molecule has 0 aromatic carbocycles. The molecule has 0 spiro atoms. The smallest absolute Gasteiger partial charge is 0.320 e. The zero-order valence-corrected chi connectivity index (χ0v) is 16.6. The van der Waals surface area contributed by atoms with Crippen molar-refractivity contribution in [2.24, 2.45) is 0 Å². The standard InChI is InChI=1S/C18H39N5O/c1-6-20(7-2)12-16-23(17-13-21(8-3)9-4)18(24)22-14-10-19(5)11-15-22/h6-17H2,1-5H3. The van der Waals surface area contributed by atoms with Gasteiger partial charge in [-0.05, 0) is 33.2 Å². The third kappa shape index (κ3) is 6.95. The lowest BCUT2D eigenvalue weighted by atomic mass is 10.3. The normalized spacial score (nSPS) is 16.2. The van der Waals surface area contributed by atoms with Crippen molar-refractivity contribution in [1.29, 1.82) is 0 Å². The molecule has 0 radical (unpaired) electrons. The number of nitrogens with zero attached hydrogens (tertiary/aromatic N) is 5. The van der Waals surface area contributed by atoms with Gasteiger partial charge in [0.05, 0.1) is 0 Å². The molecule has 1 fully saturated rings. The summed E-state index contributed by atoms with van der Waals surface area (Å²) in [5, 5.41) is 0. The lowest BCUT2D eigenvalue weighted by molar-refractivity contribution is 0.113. The summed E-state index contributed by atoms with van der Waals surface area (Å²) in [5.74, 6) is 0. The van der Waals surface area contributed by atoms with Crippen molar-refractivity contribution in [2.45, 2.75) is 27.7 Å². The summed E-state index contributed by atoms with van der Waals surface area (Å²) in [5.41, 5.74) is 0. The van der Waals surface area contributed by atoms with Crippen LogP contribution in [0, 0.1) is 0 Å². The highest BCUT2D eigenvalue weighted by atomic mass is 16.2. The maximum Gasteiger partial charge on any atom is 0.320 e. The van der Waals surface area contributed by atoms with Crippen molar-refractivity contribution in [3.63, 3.8) is 0 Å². The van der Waals surface area contributed by atoms with Crippen molar-refractivity contribution >= 4 is 6.03 Å². The van der Waals surface area contributed by atoms with E-state index in [9.17, 15) is 4.79 Å². The molecule has 1 aliphatic heterocycles. The molecular formula is C18H39N5O. The minimum absolute atomic E-state index is 0.224. The third-order valence-electron chi connectivity index (χ3n) is 5.21. The highest BCUT2D eigenvalue weighted by molar-refractivity contribution is 5.74. The molecule has 1 aliphatic rings. The highest BCUT2D eigenvalue weighted by Gasteiger charge is 2.24. The minimum atomic E-state index is 0.224. The zero-order valence-electron chi connectivity index (χ0n) is 16.6. The summed E-state index contributed by atoms with van der Waals surface area (Å²) >= 11 is 0. The Morgan fingerprint density at radius 3 is 1.54 bits per heavy atom. The van der Waals surface area contributed by atoms with E-state index in [0.29, 0.717) is 0 Å². The van der Waals surface area contributed by atoms with E-state index in [2.05, 4.69) is 54.3 Å². The molecule has 1 heterocycles. The van der Waals surface area contributed by atoms with Gasteiger partial charge in [0.15, 0.2) is 0 Å². The number of hydrogen-bond acceptors (Lipinski definition) is 4. The van der Waals surface area contributed by atoms with E-state index >= 15 is 0 Å². The van der Waals surface area contributed by atoms with Crippen LogP contribution in [0.1, 0.15) is 27.7 Å². The zero-order chi connectivity index (χ0) is 17.9. The molecule has 0 aromatic heterocycles. The number of urea groups is 1. The second-order valence-corrected chi connectivity index (χ2v) is 6.61. The molecule has 1 rings (SSSR count). The summed E-state index contributed by atoms with van der Waals surface area (Å²) in [6.07, 6.45) is 0. The van der Waals surface area contributed by atoms with Gasteiger partial charge in [-0.2, -0.15) is 0 Å². The van der Waals surface area contributed by atoms with Gasteiger partial charge in [0.2, 0.25) is 0 Å². The van der Waals surface area contributed by atoms with E-state index in [-0.39, 0.29) is 6.03 Å². The van der Waals surface area contributed by atoms with Crippen LogP contribution >= 0.6 is 0 Å². The van der Waals surface area contributed by atoms with Crippen molar-refractivity contribution in [1.82, 2.24) is 24.5 Å². The van der Waals surface area contributed by atoms with Crippen molar-refractivity contribution in [3.8, 4) is 0 Å². The second kappa shape index (κ2) is 11.7. The van der Waals surface area contributed by atoms with Gasteiger partial charge in [-0.3, -0.25) is 0 Å². The van der Waals surface area contributed by atoms with Gasteiger partial charge in [0, 0.05) is 52.4 Å². The Hall–Kier alpha value is -0.850. The molecule has 0 atom stereocenters. The lowest BCUT2D eigenvalue weighted by Crippen LogP contribution is -2.54. The average Bonchev–Trinajstić information content (AvgIpc) is 2.61. The van der Waals surface area contributed by atoms with E-state index in [1.54, 1.807) is 0 Å².